The normalized spacial score (nSPS) is 16.8. The fourth-order valence-electron chi connectivity index (χ4n) is 2.41. The number of hydrogen-bond donors (Lipinski definition) is 1. The lowest BCUT2D eigenvalue weighted by Gasteiger charge is -2.10. The monoisotopic (exact) mass is 348 g/mol. The second-order valence-corrected chi connectivity index (χ2v) is 5.92. The van der Waals surface area contributed by atoms with Crippen LogP contribution < -0.4 is 14.8 Å². The standard InChI is InChI=1S/C17H20N2O4S/c1-20-13-6-4-12(5-7-13)11-22-16-9-15(23-19-16)17(24)18-10-14-3-2-8-21-14/h4-7,9,14H,2-3,8,10-11H2,1H3,(H,18,24)/t14-/m0/s1. The third-order valence-corrected chi connectivity index (χ3v) is 4.12. The zero-order valence-electron chi connectivity index (χ0n) is 13.5. The fraction of sp³-hybridized carbons (Fsp3) is 0.412. The van der Waals surface area contributed by atoms with E-state index < -0.39 is 0 Å². The summed E-state index contributed by atoms with van der Waals surface area (Å²) in [6.07, 6.45) is 2.38. The Balaban J connectivity index is 1.48. The van der Waals surface area contributed by atoms with Crippen LogP contribution in [0.3, 0.4) is 0 Å². The molecule has 1 fully saturated rings. The van der Waals surface area contributed by atoms with Crippen LogP contribution in [0.25, 0.3) is 0 Å². The first kappa shape index (κ1) is 16.7. The minimum atomic E-state index is 0.219. The smallest absolute Gasteiger partial charge is 0.255 e. The highest BCUT2D eigenvalue weighted by molar-refractivity contribution is 7.80. The van der Waals surface area contributed by atoms with Crippen LogP contribution in [0.4, 0.5) is 0 Å². The van der Waals surface area contributed by atoms with Gasteiger partial charge in [0.05, 0.1) is 19.3 Å². The molecule has 1 aliphatic heterocycles. The highest BCUT2D eigenvalue weighted by Gasteiger charge is 2.17. The van der Waals surface area contributed by atoms with Gasteiger partial charge in [0.25, 0.3) is 5.88 Å². The summed E-state index contributed by atoms with van der Waals surface area (Å²) in [6.45, 7) is 1.90. The Labute approximate surface area is 146 Å². The summed E-state index contributed by atoms with van der Waals surface area (Å²) in [5.74, 6) is 1.71. The molecule has 3 rings (SSSR count). The van der Waals surface area contributed by atoms with Gasteiger partial charge >= 0.3 is 0 Å². The molecule has 1 aromatic heterocycles. The molecule has 2 heterocycles. The van der Waals surface area contributed by atoms with E-state index in [0.717, 1.165) is 30.8 Å². The molecular weight excluding hydrogens is 328 g/mol. The number of benzene rings is 1. The van der Waals surface area contributed by atoms with Crippen LogP contribution in [-0.4, -0.2) is 36.5 Å². The van der Waals surface area contributed by atoms with Crippen LogP contribution in [0, 0.1) is 0 Å². The van der Waals surface area contributed by atoms with Gasteiger partial charge in [-0.2, -0.15) is 0 Å². The van der Waals surface area contributed by atoms with E-state index in [4.69, 9.17) is 31.0 Å². The van der Waals surface area contributed by atoms with Crippen LogP contribution in [-0.2, 0) is 11.3 Å². The first-order valence-corrected chi connectivity index (χ1v) is 8.27. The van der Waals surface area contributed by atoms with Crippen molar-refractivity contribution in [2.45, 2.75) is 25.6 Å². The van der Waals surface area contributed by atoms with Gasteiger partial charge in [-0.05, 0) is 35.7 Å². The summed E-state index contributed by atoms with van der Waals surface area (Å²) in [4.78, 5) is 0.511. The Bertz CT molecular complexity index is 665. The van der Waals surface area contributed by atoms with Gasteiger partial charge in [-0.3, -0.25) is 0 Å². The summed E-state index contributed by atoms with van der Waals surface area (Å²) in [6, 6.07) is 9.34. The molecule has 128 valence electrons. The maximum Gasteiger partial charge on any atom is 0.255 e. The van der Waals surface area contributed by atoms with Crippen molar-refractivity contribution in [3.63, 3.8) is 0 Å². The molecular formula is C17H20N2O4S. The predicted molar refractivity (Wildman–Crippen MR) is 92.5 cm³/mol. The second-order valence-electron chi connectivity index (χ2n) is 5.51. The first-order chi connectivity index (χ1) is 11.7. The van der Waals surface area contributed by atoms with E-state index in [1.807, 2.05) is 24.3 Å². The Morgan fingerprint density at radius 2 is 2.21 bits per heavy atom. The third-order valence-electron chi connectivity index (χ3n) is 3.77. The Kier molecular flexibility index (Phi) is 5.66. The third kappa shape index (κ3) is 4.46. The molecule has 1 N–H and O–H groups in total. The van der Waals surface area contributed by atoms with Crippen LogP contribution >= 0.6 is 12.2 Å². The van der Waals surface area contributed by atoms with E-state index in [1.54, 1.807) is 13.2 Å². The van der Waals surface area contributed by atoms with E-state index in [9.17, 15) is 0 Å². The maximum absolute atomic E-state index is 5.62. The van der Waals surface area contributed by atoms with Gasteiger partial charge in [-0.25, -0.2) is 0 Å². The lowest BCUT2D eigenvalue weighted by molar-refractivity contribution is 0.114. The van der Waals surface area contributed by atoms with Crippen molar-refractivity contribution < 1.29 is 18.7 Å². The van der Waals surface area contributed by atoms with Crippen molar-refractivity contribution in [3.05, 3.63) is 41.7 Å². The van der Waals surface area contributed by atoms with Gasteiger partial charge in [0.1, 0.15) is 17.3 Å². The number of nitrogens with one attached hydrogen (secondary N) is 1. The highest BCUT2D eigenvalue weighted by atomic mass is 32.1. The molecule has 0 bridgehead atoms. The molecule has 0 unspecified atom stereocenters. The predicted octanol–water partition coefficient (Wildman–Crippen LogP) is 2.71. The van der Waals surface area contributed by atoms with Crippen molar-refractivity contribution >= 4 is 17.2 Å². The molecule has 0 spiro atoms. The van der Waals surface area contributed by atoms with Crippen LogP contribution in [0.5, 0.6) is 11.6 Å². The van der Waals surface area contributed by atoms with E-state index in [-0.39, 0.29) is 6.10 Å². The largest absolute Gasteiger partial charge is 0.497 e. The molecule has 0 radical (unpaired) electrons. The quantitative estimate of drug-likeness (QED) is 0.772. The summed E-state index contributed by atoms with van der Waals surface area (Å²) in [5, 5.41) is 7.03. The first-order valence-electron chi connectivity index (χ1n) is 7.87. The van der Waals surface area contributed by atoms with Crippen LogP contribution in [0.2, 0.25) is 0 Å². The lowest BCUT2D eigenvalue weighted by atomic mass is 10.2. The highest BCUT2D eigenvalue weighted by Crippen LogP contribution is 2.16. The molecule has 7 heteroatoms. The molecule has 1 atom stereocenters. The Hall–Kier alpha value is -2.12. The van der Waals surface area contributed by atoms with Crippen molar-refractivity contribution in [1.29, 1.82) is 0 Å². The van der Waals surface area contributed by atoms with Crippen LogP contribution in [0.15, 0.2) is 34.9 Å². The SMILES string of the molecule is COc1ccc(COc2cc(C(=S)NC[C@@H]3CCCO3)on2)cc1. The van der Waals surface area contributed by atoms with E-state index in [2.05, 4.69) is 10.5 Å². The number of rotatable bonds is 7. The Morgan fingerprint density at radius 3 is 2.92 bits per heavy atom. The average molecular weight is 348 g/mol. The lowest BCUT2D eigenvalue weighted by Crippen LogP contribution is -2.30. The van der Waals surface area contributed by atoms with E-state index in [0.29, 0.717) is 29.8 Å². The number of thiocarbonyl (C=S) groups is 1. The van der Waals surface area contributed by atoms with Gasteiger partial charge in [0.2, 0.25) is 0 Å². The van der Waals surface area contributed by atoms with Gasteiger partial charge in [0, 0.05) is 13.2 Å². The number of ether oxygens (including phenoxy) is 3. The topological polar surface area (TPSA) is 65.8 Å². The number of aromatic nitrogens is 1. The number of nitrogens with zero attached hydrogens (tertiary/aromatic N) is 1. The molecule has 6 nitrogen and oxygen atoms in total. The van der Waals surface area contributed by atoms with Crippen molar-refractivity contribution in [3.8, 4) is 11.6 Å². The molecule has 1 saturated heterocycles. The molecule has 0 amide bonds. The molecule has 0 saturated carbocycles. The van der Waals surface area contributed by atoms with Gasteiger partial charge < -0.3 is 24.1 Å². The minimum Gasteiger partial charge on any atom is -0.497 e. The summed E-state index contributed by atoms with van der Waals surface area (Å²) in [5.41, 5.74) is 1.01. The molecule has 0 aliphatic carbocycles. The number of methoxy groups -OCH3 is 1. The minimum absolute atomic E-state index is 0.219. The van der Waals surface area contributed by atoms with Crippen molar-refractivity contribution in [1.82, 2.24) is 10.5 Å². The van der Waals surface area contributed by atoms with Gasteiger partial charge in [-0.15, -0.1) is 0 Å². The zero-order chi connectivity index (χ0) is 16.8. The summed E-state index contributed by atoms with van der Waals surface area (Å²) in [7, 11) is 1.64. The van der Waals surface area contributed by atoms with E-state index in [1.165, 1.54) is 0 Å². The zero-order valence-corrected chi connectivity index (χ0v) is 14.3. The fourth-order valence-corrected chi connectivity index (χ4v) is 2.59. The summed E-state index contributed by atoms with van der Waals surface area (Å²) >= 11 is 5.30. The van der Waals surface area contributed by atoms with Crippen molar-refractivity contribution in [2.75, 3.05) is 20.3 Å². The molecule has 24 heavy (non-hydrogen) atoms. The van der Waals surface area contributed by atoms with Gasteiger partial charge in [0.15, 0.2) is 5.76 Å². The maximum atomic E-state index is 5.62. The second kappa shape index (κ2) is 8.12. The summed E-state index contributed by atoms with van der Waals surface area (Å²) < 4.78 is 21.5. The number of hydrogen-bond acceptors (Lipinski definition) is 6. The molecule has 1 aromatic carbocycles. The molecule has 2 aromatic rings. The average Bonchev–Trinajstić information content (AvgIpc) is 3.30. The molecule has 1 aliphatic rings. The van der Waals surface area contributed by atoms with Crippen molar-refractivity contribution in [2.24, 2.45) is 0 Å². The van der Waals surface area contributed by atoms with Gasteiger partial charge in [-0.1, -0.05) is 24.4 Å². The Morgan fingerprint density at radius 1 is 1.38 bits per heavy atom. The van der Waals surface area contributed by atoms with Crippen LogP contribution in [0.1, 0.15) is 24.2 Å². The van der Waals surface area contributed by atoms with E-state index >= 15 is 0 Å².